The number of aryl methyl sites for hydroxylation is 2. The van der Waals surface area contributed by atoms with Crippen LogP contribution in [0.5, 0.6) is 0 Å². The van der Waals surface area contributed by atoms with Crippen LogP contribution in [0, 0.1) is 13.8 Å². The number of carbonyl (C=O) groups is 1. The summed E-state index contributed by atoms with van der Waals surface area (Å²) in [6.07, 6.45) is 0.276. The number of anilines is 1. The number of nitrogens with zero attached hydrogens (tertiary/aromatic N) is 2. The van der Waals surface area contributed by atoms with E-state index in [4.69, 9.17) is 0 Å². The number of thioether (sulfide) groups is 1. The summed E-state index contributed by atoms with van der Waals surface area (Å²) in [7, 11) is 0. The van der Waals surface area contributed by atoms with Gasteiger partial charge in [-0.3, -0.25) is 14.2 Å². The molecule has 0 spiro atoms. The van der Waals surface area contributed by atoms with Crippen LogP contribution in [0.3, 0.4) is 0 Å². The van der Waals surface area contributed by atoms with Crippen molar-refractivity contribution in [3.63, 3.8) is 0 Å². The maximum absolute atomic E-state index is 12.2. The molecule has 1 aromatic heterocycles. The Bertz CT molecular complexity index is 768. The lowest BCUT2D eigenvalue weighted by Crippen LogP contribution is -2.27. The minimum atomic E-state index is -0.133. The molecule has 114 valence electrons. The number of aromatic nitrogens is 2. The maximum Gasteiger partial charge on any atom is 0.254 e. The van der Waals surface area contributed by atoms with Crippen molar-refractivity contribution in [2.45, 2.75) is 31.5 Å². The molecular formula is C16H17N3O2S. The fourth-order valence-corrected chi connectivity index (χ4v) is 3.67. The Morgan fingerprint density at radius 2 is 2.09 bits per heavy atom. The highest BCUT2D eigenvalue weighted by molar-refractivity contribution is 7.99. The summed E-state index contributed by atoms with van der Waals surface area (Å²) in [5.74, 6) is 0.613. The summed E-state index contributed by atoms with van der Waals surface area (Å²) in [5.41, 5.74) is 2.55. The van der Waals surface area contributed by atoms with Gasteiger partial charge >= 0.3 is 0 Å². The van der Waals surface area contributed by atoms with E-state index < -0.39 is 0 Å². The predicted molar refractivity (Wildman–Crippen MR) is 87.4 cm³/mol. The molecule has 0 fully saturated rings. The van der Waals surface area contributed by atoms with E-state index in [0.29, 0.717) is 16.6 Å². The van der Waals surface area contributed by atoms with Crippen LogP contribution >= 0.6 is 11.8 Å². The molecule has 1 aliphatic rings. The summed E-state index contributed by atoms with van der Waals surface area (Å²) >= 11 is 1.53. The first-order valence-corrected chi connectivity index (χ1v) is 8.11. The molecule has 1 amide bonds. The van der Waals surface area contributed by atoms with Gasteiger partial charge in [0.2, 0.25) is 5.91 Å². The number of hydrogen-bond donors (Lipinski definition) is 1. The molecule has 0 saturated carbocycles. The van der Waals surface area contributed by atoms with Gasteiger partial charge in [0.25, 0.3) is 5.56 Å². The van der Waals surface area contributed by atoms with Crippen molar-refractivity contribution in [1.82, 2.24) is 9.55 Å². The van der Waals surface area contributed by atoms with Crippen molar-refractivity contribution in [2.75, 3.05) is 11.1 Å². The first-order chi connectivity index (χ1) is 10.5. The van der Waals surface area contributed by atoms with Gasteiger partial charge in [0.15, 0.2) is 5.16 Å². The number of fused-ring (bicyclic) bond motifs is 1. The second-order valence-corrected chi connectivity index (χ2v) is 6.46. The van der Waals surface area contributed by atoms with E-state index in [1.165, 1.54) is 17.8 Å². The molecule has 1 N–H and O–H groups in total. The minimum Gasteiger partial charge on any atom is -0.326 e. The molecule has 1 aliphatic heterocycles. The van der Waals surface area contributed by atoms with Gasteiger partial charge in [-0.1, -0.05) is 29.5 Å². The van der Waals surface area contributed by atoms with Crippen molar-refractivity contribution in [1.29, 1.82) is 0 Å². The number of amides is 1. The Hall–Kier alpha value is -2.08. The SMILES string of the molecule is Cc1ccc(NC(=O)C[C@@H]2CSc3nc(C)cc(=O)n32)cc1. The zero-order valence-electron chi connectivity index (χ0n) is 12.5. The Labute approximate surface area is 132 Å². The molecule has 5 nitrogen and oxygen atoms in total. The Morgan fingerprint density at radius 3 is 2.82 bits per heavy atom. The van der Waals surface area contributed by atoms with E-state index in [0.717, 1.165) is 11.3 Å². The van der Waals surface area contributed by atoms with Crippen LogP contribution in [0.15, 0.2) is 40.3 Å². The van der Waals surface area contributed by atoms with Gasteiger partial charge in [-0.2, -0.15) is 0 Å². The third-order valence-corrected chi connectivity index (χ3v) is 4.67. The van der Waals surface area contributed by atoms with Crippen LogP contribution in [0.2, 0.25) is 0 Å². The first-order valence-electron chi connectivity index (χ1n) is 7.12. The van der Waals surface area contributed by atoms with Crippen LogP contribution in [0.1, 0.15) is 23.7 Å². The monoisotopic (exact) mass is 315 g/mol. The van der Waals surface area contributed by atoms with Crippen molar-refractivity contribution in [2.24, 2.45) is 0 Å². The fourth-order valence-electron chi connectivity index (χ4n) is 2.48. The largest absolute Gasteiger partial charge is 0.326 e. The summed E-state index contributed by atoms with van der Waals surface area (Å²) in [5, 5.41) is 3.58. The van der Waals surface area contributed by atoms with E-state index >= 15 is 0 Å². The summed E-state index contributed by atoms with van der Waals surface area (Å²) < 4.78 is 1.63. The van der Waals surface area contributed by atoms with Gasteiger partial charge in [-0.15, -0.1) is 0 Å². The van der Waals surface area contributed by atoms with Crippen LogP contribution < -0.4 is 10.9 Å². The predicted octanol–water partition coefficient (Wildman–Crippen LogP) is 2.54. The Kier molecular flexibility index (Phi) is 4.02. The average molecular weight is 315 g/mol. The molecule has 2 aromatic rings. The van der Waals surface area contributed by atoms with Crippen LogP contribution in [0.4, 0.5) is 5.69 Å². The number of nitrogens with one attached hydrogen (secondary N) is 1. The van der Waals surface area contributed by atoms with E-state index in [2.05, 4.69) is 10.3 Å². The highest BCUT2D eigenvalue weighted by Crippen LogP contribution is 2.32. The number of carbonyl (C=O) groups excluding carboxylic acids is 1. The number of hydrogen-bond acceptors (Lipinski definition) is 4. The van der Waals surface area contributed by atoms with E-state index in [1.807, 2.05) is 31.2 Å². The first kappa shape index (κ1) is 14.8. The van der Waals surface area contributed by atoms with Gasteiger partial charge in [0.05, 0.1) is 6.04 Å². The smallest absolute Gasteiger partial charge is 0.254 e. The van der Waals surface area contributed by atoms with Crippen molar-refractivity contribution in [3.05, 3.63) is 51.9 Å². The van der Waals surface area contributed by atoms with Crippen LogP contribution in [-0.4, -0.2) is 21.2 Å². The molecule has 3 rings (SSSR count). The second-order valence-electron chi connectivity index (χ2n) is 5.47. The molecular weight excluding hydrogens is 298 g/mol. The summed E-state index contributed by atoms with van der Waals surface area (Å²) in [4.78, 5) is 28.6. The van der Waals surface area contributed by atoms with Gasteiger partial charge in [0, 0.05) is 29.6 Å². The molecule has 1 atom stereocenters. The van der Waals surface area contributed by atoms with Crippen LogP contribution in [0.25, 0.3) is 0 Å². The quantitative estimate of drug-likeness (QED) is 0.884. The molecule has 0 radical (unpaired) electrons. The van der Waals surface area contributed by atoms with Gasteiger partial charge in [-0.25, -0.2) is 4.98 Å². The molecule has 0 aliphatic carbocycles. The van der Waals surface area contributed by atoms with Crippen molar-refractivity contribution in [3.8, 4) is 0 Å². The zero-order valence-corrected chi connectivity index (χ0v) is 13.3. The van der Waals surface area contributed by atoms with E-state index in [-0.39, 0.29) is 23.9 Å². The second kappa shape index (κ2) is 5.96. The molecule has 0 bridgehead atoms. The lowest BCUT2D eigenvalue weighted by atomic mass is 10.2. The molecule has 0 unspecified atom stereocenters. The topological polar surface area (TPSA) is 64.0 Å². The van der Waals surface area contributed by atoms with Crippen molar-refractivity contribution < 1.29 is 4.79 Å². The highest BCUT2D eigenvalue weighted by atomic mass is 32.2. The third-order valence-electron chi connectivity index (χ3n) is 3.57. The summed E-state index contributed by atoms with van der Waals surface area (Å²) in [6.45, 7) is 3.81. The summed E-state index contributed by atoms with van der Waals surface area (Å²) in [6, 6.07) is 9.04. The third kappa shape index (κ3) is 3.06. The average Bonchev–Trinajstić information content (AvgIpc) is 2.84. The maximum atomic E-state index is 12.2. The molecule has 1 aromatic carbocycles. The van der Waals surface area contributed by atoms with Gasteiger partial charge < -0.3 is 5.32 Å². The Morgan fingerprint density at radius 1 is 1.36 bits per heavy atom. The molecule has 0 saturated heterocycles. The number of rotatable bonds is 3. The lowest BCUT2D eigenvalue weighted by molar-refractivity contribution is -0.116. The van der Waals surface area contributed by atoms with Gasteiger partial charge in [-0.05, 0) is 26.0 Å². The van der Waals surface area contributed by atoms with E-state index in [9.17, 15) is 9.59 Å². The van der Waals surface area contributed by atoms with Crippen molar-refractivity contribution >= 4 is 23.4 Å². The van der Waals surface area contributed by atoms with Crippen LogP contribution in [-0.2, 0) is 4.79 Å². The normalized spacial score (nSPS) is 16.4. The molecule has 2 heterocycles. The fraction of sp³-hybridized carbons (Fsp3) is 0.312. The molecule has 6 heteroatoms. The Balaban J connectivity index is 1.72. The minimum absolute atomic E-state index is 0.0827. The molecule has 22 heavy (non-hydrogen) atoms. The zero-order chi connectivity index (χ0) is 15.7. The standard InChI is InChI=1S/C16H17N3O2S/c1-10-3-5-12(6-4-10)18-14(20)8-13-9-22-16-17-11(2)7-15(21)19(13)16/h3-7,13H,8-9H2,1-2H3,(H,18,20)/t13-/m1/s1. The number of benzene rings is 1. The lowest BCUT2D eigenvalue weighted by Gasteiger charge is -2.13. The van der Waals surface area contributed by atoms with Gasteiger partial charge in [0.1, 0.15) is 0 Å². The van der Waals surface area contributed by atoms with E-state index in [1.54, 1.807) is 11.5 Å². The highest BCUT2D eigenvalue weighted by Gasteiger charge is 2.27.